The summed E-state index contributed by atoms with van der Waals surface area (Å²) in [4.78, 5) is 43.5. The molecule has 0 aliphatic heterocycles. The van der Waals surface area contributed by atoms with E-state index in [0.717, 1.165) is 37.7 Å². The highest BCUT2D eigenvalue weighted by Gasteiger charge is 2.55. The fourth-order valence-electron chi connectivity index (χ4n) is 8.48. The second-order valence-corrected chi connectivity index (χ2v) is 16.9. The summed E-state index contributed by atoms with van der Waals surface area (Å²) in [6, 6.07) is 9.93. The topological polar surface area (TPSA) is 82.1 Å². The van der Waals surface area contributed by atoms with Crippen LogP contribution in [-0.2, 0) is 28.6 Å². The van der Waals surface area contributed by atoms with E-state index in [1.165, 1.54) is 19.3 Å². The number of esters is 3. The average Bonchev–Trinajstić information content (AvgIpc) is 3.01. The lowest BCUT2D eigenvalue weighted by atomic mass is 9.37. The Morgan fingerprint density at radius 1 is 0.851 bits per heavy atom. The molecule has 4 aliphatic carbocycles. The van der Waals surface area contributed by atoms with Crippen molar-refractivity contribution in [3.8, 4) is 0 Å². The van der Waals surface area contributed by atoms with Crippen LogP contribution in [0.5, 0.6) is 0 Å². The first-order valence-electron chi connectivity index (χ1n) is 18.4. The number of benzene rings is 1. The van der Waals surface area contributed by atoms with Crippen molar-refractivity contribution in [2.24, 2.45) is 23.2 Å². The monoisotopic (exact) mass is 649 g/mol. The van der Waals surface area contributed by atoms with Crippen molar-refractivity contribution in [2.75, 3.05) is 27.2 Å². The molecule has 3 unspecified atom stereocenters. The van der Waals surface area contributed by atoms with Gasteiger partial charge in [-0.2, -0.15) is 0 Å². The molecule has 4 bridgehead atoms. The average molecular weight is 650 g/mol. The minimum Gasteiger partial charge on any atom is -0.464 e. The van der Waals surface area contributed by atoms with Crippen LogP contribution in [0.2, 0.25) is 23.3 Å². The zero-order valence-electron chi connectivity index (χ0n) is 30.7. The molecule has 0 heterocycles. The summed E-state index contributed by atoms with van der Waals surface area (Å²) < 4.78 is 18.5. The number of carbonyl (C=O) groups is 3. The smallest absolute Gasteiger partial charge is 0.311 e. The van der Waals surface area contributed by atoms with E-state index in [0.29, 0.717) is 64.5 Å². The maximum absolute atomic E-state index is 14.4. The molecule has 5 rings (SSSR count). The van der Waals surface area contributed by atoms with Crippen LogP contribution in [0.4, 0.5) is 0 Å². The first kappa shape index (κ1) is 37.5. The van der Waals surface area contributed by atoms with Gasteiger partial charge in [-0.15, -0.1) is 0 Å². The van der Waals surface area contributed by atoms with E-state index in [4.69, 9.17) is 14.2 Å². The Bertz CT molecular complexity index is 1190. The van der Waals surface area contributed by atoms with Gasteiger partial charge in [0.2, 0.25) is 0 Å². The lowest BCUT2D eigenvalue weighted by Gasteiger charge is -2.56. The van der Waals surface area contributed by atoms with E-state index < -0.39 is 16.0 Å². The third-order valence-corrected chi connectivity index (χ3v) is 11.9. The Hall–Kier alpha value is -2.28. The number of rotatable bonds is 18. The third-order valence-electron chi connectivity index (χ3n) is 11.9. The predicted octanol–water partition coefficient (Wildman–Crippen LogP) is 7.19. The van der Waals surface area contributed by atoms with Crippen LogP contribution in [0, 0.1) is 23.2 Å². The van der Waals surface area contributed by atoms with Gasteiger partial charge in [0.15, 0.2) is 0 Å². The number of carbonyl (C=O) groups excluding carboxylic acids is 3. The van der Waals surface area contributed by atoms with Crippen LogP contribution in [0.15, 0.2) is 30.3 Å². The van der Waals surface area contributed by atoms with E-state index in [9.17, 15) is 14.4 Å². The van der Waals surface area contributed by atoms with Gasteiger partial charge >= 0.3 is 17.9 Å². The van der Waals surface area contributed by atoms with Crippen molar-refractivity contribution in [3.05, 3.63) is 35.9 Å². The summed E-state index contributed by atoms with van der Waals surface area (Å²) in [7, 11) is 4.89. The molecule has 0 N–H and O–H groups in total. The Morgan fingerprint density at radius 2 is 1.43 bits per heavy atom. The van der Waals surface area contributed by atoms with Crippen LogP contribution in [0.25, 0.3) is 0 Å². The summed E-state index contributed by atoms with van der Waals surface area (Å²) in [6.07, 6.45) is 9.67. The fraction of sp³-hybridized carbons (Fsp3) is 0.763. The third kappa shape index (κ3) is 9.45. The number of likely N-dealkylation sites (N-methyl/N-ethyl adjacent to an activating group) is 1. The van der Waals surface area contributed by atoms with Gasteiger partial charge in [0, 0.05) is 17.2 Å². The van der Waals surface area contributed by atoms with Crippen LogP contribution < -0.4 is 0 Å². The molecule has 0 amide bonds. The van der Waals surface area contributed by atoms with Crippen LogP contribution in [0.3, 0.4) is 0 Å². The Morgan fingerprint density at radius 3 is 1.96 bits per heavy atom. The first-order valence-corrected chi connectivity index (χ1v) is 18.4. The van der Waals surface area contributed by atoms with Gasteiger partial charge in [0.1, 0.15) is 32.9 Å². The van der Waals surface area contributed by atoms with Gasteiger partial charge in [-0.1, -0.05) is 90.9 Å². The summed E-state index contributed by atoms with van der Waals surface area (Å²) in [5.41, 5.74) is -0.162. The van der Waals surface area contributed by atoms with Crippen LogP contribution in [0.1, 0.15) is 111 Å². The molecule has 0 spiro atoms. The molecule has 1 aromatic rings. The number of ether oxygens (including phenoxy) is 3. The number of hydrogen-bond acceptors (Lipinski definition) is 7. The lowest BCUT2D eigenvalue weighted by molar-refractivity contribution is -0.189. The maximum atomic E-state index is 14.4. The van der Waals surface area contributed by atoms with Gasteiger partial charge < -0.3 is 19.1 Å². The largest absolute Gasteiger partial charge is 0.464 e. The van der Waals surface area contributed by atoms with E-state index in [-0.39, 0.29) is 29.6 Å². The highest BCUT2D eigenvalue weighted by Crippen LogP contribution is 2.58. The molecule has 0 aromatic heterocycles. The molecule has 7 nitrogen and oxygen atoms in total. The second kappa shape index (κ2) is 15.5. The van der Waals surface area contributed by atoms with Gasteiger partial charge in [0.05, 0.1) is 5.41 Å². The summed E-state index contributed by atoms with van der Waals surface area (Å²) >= 11 is 0. The lowest BCUT2D eigenvalue weighted by Crippen LogP contribution is -2.54. The van der Waals surface area contributed by atoms with Crippen molar-refractivity contribution in [2.45, 2.75) is 134 Å². The number of hydrogen-bond donors (Lipinski definition) is 0. The van der Waals surface area contributed by atoms with E-state index >= 15 is 0 Å². The van der Waals surface area contributed by atoms with Crippen LogP contribution >= 0.6 is 0 Å². The molecule has 47 heavy (non-hydrogen) atoms. The van der Waals surface area contributed by atoms with Gasteiger partial charge in [0.25, 0.3) is 0 Å². The molecular weight excluding hydrogens is 588 g/mol. The van der Waals surface area contributed by atoms with E-state index in [2.05, 4.69) is 6.92 Å². The van der Waals surface area contributed by atoms with Gasteiger partial charge in [-0.25, -0.2) is 0 Å². The molecule has 9 heteroatoms. The number of nitrogens with zero attached hydrogens (tertiary/aromatic N) is 1. The second-order valence-electron chi connectivity index (χ2n) is 16.9. The van der Waals surface area contributed by atoms with Crippen molar-refractivity contribution in [1.29, 1.82) is 0 Å². The molecule has 3 atom stereocenters. The highest BCUT2D eigenvalue weighted by molar-refractivity contribution is 6.54. The van der Waals surface area contributed by atoms with Gasteiger partial charge in [-0.05, 0) is 88.8 Å². The summed E-state index contributed by atoms with van der Waals surface area (Å²) in [6.45, 7) is 12.9. The zero-order valence-corrected chi connectivity index (χ0v) is 30.7. The molecular formula is C38H61B2NO6. The van der Waals surface area contributed by atoms with Crippen molar-refractivity contribution < 1.29 is 28.6 Å². The van der Waals surface area contributed by atoms with Crippen molar-refractivity contribution in [1.82, 2.24) is 4.90 Å². The molecule has 1 aromatic carbocycles. The van der Waals surface area contributed by atoms with Crippen molar-refractivity contribution in [3.63, 3.8) is 0 Å². The Kier molecular flexibility index (Phi) is 12.4. The minimum absolute atomic E-state index is 0.170. The predicted molar refractivity (Wildman–Crippen MR) is 191 cm³/mol. The Labute approximate surface area is 286 Å². The summed E-state index contributed by atoms with van der Waals surface area (Å²) in [5, 5.41) is -1.57. The van der Waals surface area contributed by atoms with Crippen LogP contribution in [-0.4, -0.2) is 70.2 Å². The molecule has 0 saturated heterocycles. The standard InChI is InChI=1S/C38H61B2NO6/c1-9-14-31(30-15-12-11-13-16-30)46-32(42)35(3,4)25-39-37(6,26-40-36(5,10-2)33(43)45-18-17-41(7)8)34(44)47-38-22-27-19-28(23-38)21-29(20-27)24-38/h11-13,15-16,27-29,31,39-40H,9-10,14,17-26H2,1-8H3. The normalized spacial score (nSPS) is 26.5. The fourth-order valence-corrected chi connectivity index (χ4v) is 8.48. The molecule has 260 valence electrons. The van der Waals surface area contributed by atoms with E-state index in [1.54, 1.807) is 0 Å². The molecule has 4 saturated carbocycles. The van der Waals surface area contributed by atoms with E-state index in [1.807, 2.05) is 83.9 Å². The summed E-state index contributed by atoms with van der Waals surface area (Å²) in [5.74, 6) is 1.35. The molecule has 0 radical (unpaired) electrons. The Balaban J connectivity index is 1.50. The van der Waals surface area contributed by atoms with Gasteiger partial charge in [-0.3, -0.25) is 14.4 Å². The molecule has 4 fully saturated rings. The minimum atomic E-state index is -0.858. The molecule has 4 aliphatic rings. The quantitative estimate of drug-likeness (QED) is 0.0946. The zero-order chi connectivity index (χ0) is 34.5. The first-order chi connectivity index (χ1) is 22.1. The SMILES string of the molecule is CCCC(OC(=O)C(C)(C)CBC(C)(CBC(C)(CC)C(=O)OCCN(C)C)C(=O)OC12CC3CC(CC(C3)C1)C2)c1ccccc1. The maximum Gasteiger partial charge on any atom is 0.311 e. The highest BCUT2D eigenvalue weighted by atomic mass is 16.6. The van der Waals surface area contributed by atoms with Crippen molar-refractivity contribution >= 4 is 32.5 Å².